The first kappa shape index (κ1) is 91.5. The minimum Gasteiger partial charge on any atom is -0.460 e. The molecule has 8 rings (SSSR count). The number of imide groups is 1. The fourth-order valence-electron chi connectivity index (χ4n) is 13.5. The summed E-state index contributed by atoms with van der Waals surface area (Å²) in [5, 5.41) is 11.2. The number of hydrogen-bond donors (Lipinski definition) is 4. The lowest BCUT2D eigenvalue weighted by Crippen LogP contribution is -2.53. The summed E-state index contributed by atoms with van der Waals surface area (Å²) in [6.07, 6.45) is 2.07. The molecule has 0 fully saturated rings. The van der Waals surface area contributed by atoms with Crippen molar-refractivity contribution in [1.29, 1.82) is 0 Å². The number of amides is 17. The highest BCUT2D eigenvalue weighted by atomic mass is 19.1. The number of hydrogen-bond acceptors (Lipinski definition) is 22. The molecule has 40 heteroatoms. The molecule has 1 aliphatic carbocycles. The van der Waals surface area contributed by atoms with E-state index in [0.717, 1.165) is 56.3 Å². The van der Waals surface area contributed by atoms with Crippen LogP contribution < -0.4 is 26.8 Å². The Morgan fingerprint density at radius 1 is 0.588 bits per heavy atom. The SMILES string of the molecule is CC[C@H]1C(=O)OCc2c1cc1n(c2=O)Cc2c-1nc1cc(F)c(C)c3c1c2[C@@H](NC(=O)OCc1ccc(NC(=O)CNC(=O)C(NC(=O)CN2C(=O)C=CC2=O)C(C)C)cc1CN(C)C(=O)CN(C)C(=O)CN(C)C(=O)CN(C)C(=O)CN(C)C(=O)CN(C)C(=O)CN(C)C(=O)CN(C)C(=O)CN(C)C(=O)CN(C)C(=O)CN(C)C(C)=O)CC3. The summed E-state index contributed by atoms with van der Waals surface area (Å²) < 4.78 is 28.6. The van der Waals surface area contributed by atoms with Crippen LogP contribution in [-0.2, 0) is 124 Å². The molecule has 0 radical (unpaired) electrons. The quantitative estimate of drug-likeness (QED) is 0.0256. The van der Waals surface area contributed by atoms with Crippen LogP contribution in [0, 0.1) is 18.7 Å². The minimum atomic E-state index is -1.20. The van der Waals surface area contributed by atoms with Crippen LogP contribution in [0.1, 0.15) is 97.0 Å². The topological polar surface area (TPSA) is 448 Å². The summed E-state index contributed by atoms with van der Waals surface area (Å²) in [7, 11) is 14.6. The second-order valence-corrected chi connectivity index (χ2v) is 30.5. The zero-order valence-electron chi connectivity index (χ0n) is 69.5. The van der Waals surface area contributed by atoms with Gasteiger partial charge < -0.3 is 89.2 Å². The van der Waals surface area contributed by atoms with Crippen molar-refractivity contribution in [3.63, 3.8) is 0 Å². The van der Waals surface area contributed by atoms with Gasteiger partial charge in [0, 0.05) is 126 Å². The second-order valence-electron chi connectivity index (χ2n) is 30.5. The second kappa shape index (κ2) is 39.3. The number of esters is 1. The highest BCUT2D eigenvalue weighted by Gasteiger charge is 2.40. The minimum absolute atomic E-state index is 0.0380. The number of fused-ring (bicyclic) bond motifs is 5. The Balaban J connectivity index is 0.862. The molecule has 0 spiro atoms. The van der Waals surface area contributed by atoms with Crippen LogP contribution >= 0.6 is 0 Å². The van der Waals surface area contributed by atoms with Gasteiger partial charge in [-0.15, -0.1) is 0 Å². The normalized spacial score (nSPS) is 14.3. The van der Waals surface area contributed by atoms with Crippen molar-refractivity contribution in [3.05, 3.63) is 103 Å². The van der Waals surface area contributed by atoms with E-state index in [4.69, 9.17) is 14.5 Å². The Bertz CT molecular complexity index is 4890. The van der Waals surface area contributed by atoms with Gasteiger partial charge >= 0.3 is 12.1 Å². The number of halogens is 1. The number of nitrogens with zero attached hydrogens (tertiary/aromatic N) is 14. The van der Waals surface area contributed by atoms with Crippen molar-refractivity contribution < 1.29 is 100 Å². The van der Waals surface area contributed by atoms with Crippen LogP contribution in [0.15, 0.2) is 47.3 Å². The molecule has 0 bridgehead atoms. The standard InChI is InChI=1S/C79H101FN18O21/c1-17-49-51-25-57-75-52(29-97(57)77(115)53(51)42-118-78(49)116)73-55(21-20-50-44(4)54(80)26-56(83-75)72(50)73)84-79(117)119-41-46-18-19-48(82-58(100)27-81-76(114)74(43(2)3)85-59(101)30-98-60(102)22-23-61(98)103)24-47(46)28-87(7)63(105)32-89(9)65(107)34-91(11)67(109)36-93(13)69(111)38-95(15)71(113)40-96(16)70(112)39-94(14)68(110)37-92(12)66(108)35-90(10)64(106)33-88(8)62(104)31-86(6)45(5)99/h18-19,22-26,43,49,55,74H,17,20-21,27-42H2,1-16H3,(H,81,114)(H,82,100)(H,84,117)(H,85,101)/t49-,55+,74?/m1/s1. The lowest BCUT2D eigenvalue weighted by molar-refractivity contribution is -0.148. The molecule has 39 nitrogen and oxygen atoms in total. The van der Waals surface area contributed by atoms with Gasteiger partial charge in [-0.2, -0.15) is 0 Å². The first-order valence-corrected chi connectivity index (χ1v) is 38.0. The average Bonchev–Trinajstić information content (AvgIpc) is 1.59. The Kier molecular flexibility index (Phi) is 30.2. The Labute approximate surface area is 684 Å². The van der Waals surface area contributed by atoms with Crippen molar-refractivity contribution in [2.75, 3.05) is 161 Å². The van der Waals surface area contributed by atoms with Crippen LogP contribution in [0.4, 0.5) is 14.9 Å². The number of nitrogens with one attached hydrogen (secondary N) is 4. The molecular formula is C79H101FN18O21. The molecular weight excluding hydrogens is 1560 g/mol. The maximum Gasteiger partial charge on any atom is 0.407 e. The lowest BCUT2D eigenvalue weighted by atomic mass is 9.81. The summed E-state index contributed by atoms with van der Waals surface area (Å²) in [6, 6.07) is 5.57. The number of ether oxygens (including phenoxy) is 2. The van der Waals surface area contributed by atoms with Gasteiger partial charge in [-0.05, 0) is 83.7 Å². The van der Waals surface area contributed by atoms with E-state index in [9.17, 15) is 91.1 Å². The molecule has 17 amide bonds. The number of carbonyl (C=O) groups excluding carboxylic acids is 18. The lowest BCUT2D eigenvalue weighted by Gasteiger charge is -2.29. The number of anilines is 1. The molecule has 3 aliphatic heterocycles. The predicted molar refractivity (Wildman–Crippen MR) is 422 cm³/mol. The van der Waals surface area contributed by atoms with E-state index in [1.165, 1.54) is 123 Å². The summed E-state index contributed by atoms with van der Waals surface area (Å²) in [4.78, 5) is 267. The average molecular weight is 1660 g/mol. The third-order valence-electron chi connectivity index (χ3n) is 21.2. The first-order valence-electron chi connectivity index (χ1n) is 38.0. The Hall–Kier alpha value is -13.1. The van der Waals surface area contributed by atoms with E-state index >= 15 is 4.39 Å². The van der Waals surface area contributed by atoms with Gasteiger partial charge in [0.2, 0.25) is 82.7 Å². The van der Waals surface area contributed by atoms with Gasteiger partial charge in [-0.3, -0.25) is 91.2 Å². The van der Waals surface area contributed by atoms with Crippen LogP contribution in [0.2, 0.25) is 0 Å². The van der Waals surface area contributed by atoms with Crippen molar-refractivity contribution in [2.45, 2.75) is 98.2 Å². The van der Waals surface area contributed by atoms with Crippen LogP contribution in [0.3, 0.4) is 0 Å². The maximum absolute atomic E-state index is 15.7. The highest BCUT2D eigenvalue weighted by Crippen LogP contribution is 2.46. The van der Waals surface area contributed by atoms with Gasteiger partial charge in [-0.1, -0.05) is 26.8 Å². The summed E-state index contributed by atoms with van der Waals surface area (Å²) >= 11 is 0. The van der Waals surface area contributed by atoms with E-state index in [2.05, 4.69) is 21.3 Å². The summed E-state index contributed by atoms with van der Waals surface area (Å²) in [6.45, 7) is 0.993. The van der Waals surface area contributed by atoms with Crippen molar-refractivity contribution >= 4 is 123 Å². The van der Waals surface area contributed by atoms with Crippen molar-refractivity contribution in [1.82, 2.24) is 84.3 Å². The molecule has 4 aliphatic rings. The number of benzene rings is 2. The first-order chi connectivity index (χ1) is 55.9. The number of aryl methyl sites for hydroxylation is 1. The molecule has 2 aromatic heterocycles. The zero-order valence-corrected chi connectivity index (χ0v) is 69.5. The summed E-state index contributed by atoms with van der Waals surface area (Å²) in [5.41, 5.74) is 4.63. The Morgan fingerprint density at radius 3 is 1.50 bits per heavy atom. The molecule has 119 heavy (non-hydrogen) atoms. The van der Waals surface area contributed by atoms with Gasteiger partial charge in [-0.25, -0.2) is 14.2 Å². The van der Waals surface area contributed by atoms with E-state index in [1.54, 1.807) is 33.8 Å². The third kappa shape index (κ3) is 22.4. The van der Waals surface area contributed by atoms with Gasteiger partial charge in [0.05, 0.1) is 113 Å². The molecule has 0 saturated carbocycles. The van der Waals surface area contributed by atoms with E-state index in [0.29, 0.717) is 79.0 Å². The number of rotatable bonds is 34. The molecule has 4 N–H and O–H groups in total. The maximum atomic E-state index is 15.7. The molecule has 4 aromatic rings. The fourth-order valence-corrected chi connectivity index (χ4v) is 13.5. The molecule has 5 heterocycles. The molecule has 2 aromatic carbocycles. The molecule has 1 unspecified atom stereocenters. The largest absolute Gasteiger partial charge is 0.460 e. The third-order valence-corrected chi connectivity index (χ3v) is 21.2. The van der Waals surface area contributed by atoms with Crippen LogP contribution in [-0.4, -0.2) is 337 Å². The van der Waals surface area contributed by atoms with E-state index < -0.39 is 202 Å². The number of cyclic esters (lactones) is 1. The van der Waals surface area contributed by atoms with Crippen LogP contribution in [0.5, 0.6) is 0 Å². The number of pyridine rings is 2. The number of aromatic nitrogens is 2. The van der Waals surface area contributed by atoms with Gasteiger partial charge in [0.1, 0.15) is 31.6 Å². The zero-order chi connectivity index (χ0) is 88.2. The van der Waals surface area contributed by atoms with Gasteiger partial charge in [0.15, 0.2) is 0 Å². The molecule has 3 atom stereocenters. The summed E-state index contributed by atoms with van der Waals surface area (Å²) in [5.74, 6) is -12.8. The number of carbonyl (C=O) groups is 18. The van der Waals surface area contributed by atoms with Crippen molar-refractivity contribution in [2.24, 2.45) is 5.92 Å². The smallest absolute Gasteiger partial charge is 0.407 e. The Morgan fingerprint density at radius 2 is 1.05 bits per heavy atom. The fraction of sp³-hybridized carbons (Fsp3) is 0.494. The number of likely N-dealkylation sites (N-methyl/N-ethyl adjacent to an activating group) is 11. The van der Waals surface area contributed by atoms with Crippen molar-refractivity contribution in [3.8, 4) is 11.4 Å². The van der Waals surface area contributed by atoms with Crippen LogP contribution in [0.25, 0.3) is 22.3 Å². The monoisotopic (exact) mass is 1660 g/mol. The highest BCUT2D eigenvalue weighted by molar-refractivity contribution is 6.14. The predicted octanol–water partition coefficient (Wildman–Crippen LogP) is -1.98. The van der Waals surface area contributed by atoms with E-state index in [1.807, 2.05) is 0 Å². The molecule has 0 saturated heterocycles. The number of alkyl carbamates (subject to hydrolysis) is 1. The van der Waals surface area contributed by atoms with E-state index in [-0.39, 0.29) is 61.9 Å². The van der Waals surface area contributed by atoms with Gasteiger partial charge in [0.25, 0.3) is 17.4 Å². The molecule has 640 valence electrons.